The van der Waals surface area contributed by atoms with E-state index in [2.05, 4.69) is 34.6 Å². The zero-order chi connectivity index (χ0) is 31.4. The van der Waals surface area contributed by atoms with Crippen molar-refractivity contribution in [3.8, 4) is 0 Å². The van der Waals surface area contributed by atoms with Crippen molar-refractivity contribution in [2.45, 2.75) is 143 Å². The van der Waals surface area contributed by atoms with Crippen molar-refractivity contribution < 1.29 is 19.8 Å². The van der Waals surface area contributed by atoms with E-state index in [4.69, 9.17) is 11.6 Å². The number of ketones is 2. The molecule has 0 heterocycles. The number of carbonyl (C=O) groups excluding carboxylic acids is 2. The van der Waals surface area contributed by atoms with Crippen molar-refractivity contribution in [2.24, 2.45) is 63.6 Å². The summed E-state index contributed by atoms with van der Waals surface area (Å²) in [7, 11) is 0. The molecule has 0 aromatic carbocycles. The van der Waals surface area contributed by atoms with Gasteiger partial charge in [-0.1, -0.05) is 44.9 Å². The first-order valence-electron chi connectivity index (χ1n) is 18.3. The molecule has 6 fully saturated rings. The van der Waals surface area contributed by atoms with Crippen LogP contribution in [0.15, 0.2) is 22.3 Å². The Kier molecular flexibility index (Phi) is 7.74. The number of fused-ring (bicyclic) bond motifs is 10. The Morgan fingerprint density at radius 2 is 1.55 bits per heavy atom. The minimum absolute atomic E-state index is 0.105. The SMILES string of the molecule is C[C@@H]1CC2=CC(=O)CC[C@@H]2[C@H]2CC[C@@]3(C)[C@@H](CC[C@]3(C)O)[C@@H]21.C[C@]12CC[C@H]3[C@@H](CCC4=C(Cl)C(=O)CC[C@@]43C)[C@@H]1CC[C@@H]2O. The topological polar surface area (TPSA) is 74.6 Å². The Morgan fingerprint density at radius 1 is 0.795 bits per heavy atom. The van der Waals surface area contributed by atoms with E-state index in [9.17, 15) is 19.8 Å². The Hall–Kier alpha value is -0.970. The van der Waals surface area contributed by atoms with Gasteiger partial charge in [0.2, 0.25) is 0 Å². The lowest BCUT2D eigenvalue weighted by Gasteiger charge is -2.57. The fourth-order valence-electron chi connectivity index (χ4n) is 13.5. The van der Waals surface area contributed by atoms with Crippen LogP contribution in [-0.2, 0) is 9.59 Å². The molecule has 0 amide bonds. The van der Waals surface area contributed by atoms with E-state index in [0.717, 1.165) is 76.0 Å². The highest BCUT2D eigenvalue weighted by molar-refractivity contribution is 6.43. The molecule has 13 atom stereocenters. The molecule has 8 aliphatic carbocycles. The maximum atomic E-state index is 12.0. The minimum atomic E-state index is -0.485. The average molecular weight is 625 g/mol. The van der Waals surface area contributed by atoms with Crippen LogP contribution < -0.4 is 0 Å². The first-order chi connectivity index (χ1) is 20.7. The van der Waals surface area contributed by atoms with Crippen LogP contribution in [0, 0.1) is 63.6 Å². The van der Waals surface area contributed by atoms with Gasteiger partial charge in [0.15, 0.2) is 11.6 Å². The lowest BCUT2D eigenvalue weighted by atomic mass is 9.47. The molecule has 0 aromatic heterocycles. The maximum Gasteiger partial charge on any atom is 0.174 e. The lowest BCUT2D eigenvalue weighted by Crippen LogP contribution is -2.53. The van der Waals surface area contributed by atoms with Gasteiger partial charge in [-0.05, 0) is 166 Å². The molecule has 44 heavy (non-hydrogen) atoms. The smallest absolute Gasteiger partial charge is 0.174 e. The second-order valence-corrected chi connectivity index (χ2v) is 18.2. The van der Waals surface area contributed by atoms with Gasteiger partial charge in [0.25, 0.3) is 0 Å². The monoisotopic (exact) mass is 624 g/mol. The van der Waals surface area contributed by atoms with Gasteiger partial charge in [0.05, 0.1) is 16.7 Å². The second kappa shape index (κ2) is 10.8. The summed E-state index contributed by atoms with van der Waals surface area (Å²) < 4.78 is 0. The molecular formula is C39H57ClO4. The van der Waals surface area contributed by atoms with Crippen LogP contribution in [0.5, 0.6) is 0 Å². The quantitative estimate of drug-likeness (QED) is 0.283. The Morgan fingerprint density at radius 3 is 2.32 bits per heavy atom. The van der Waals surface area contributed by atoms with Crippen LogP contribution in [-0.4, -0.2) is 33.5 Å². The first kappa shape index (κ1) is 31.6. The minimum Gasteiger partial charge on any atom is -0.393 e. The molecule has 0 bridgehead atoms. The zero-order valence-corrected chi connectivity index (χ0v) is 28.7. The van der Waals surface area contributed by atoms with Crippen LogP contribution in [0.2, 0.25) is 0 Å². The molecule has 2 N–H and O–H groups in total. The van der Waals surface area contributed by atoms with Crippen LogP contribution in [0.1, 0.15) is 131 Å². The fraction of sp³-hybridized carbons (Fsp3) is 0.846. The van der Waals surface area contributed by atoms with Crippen molar-refractivity contribution in [3.63, 3.8) is 0 Å². The molecule has 0 aliphatic heterocycles. The molecule has 0 spiro atoms. The number of allylic oxidation sites excluding steroid dienone is 2. The molecule has 4 nitrogen and oxygen atoms in total. The highest BCUT2D eigenvalue weighted by Crippen LogP contribution is 2.67. The molecule has 0 saturated heterocycles. The molecule has 0 aromatic rings. The molecule has 8 aliphatic rings. The van der Waals surface area contributed by atoms with Crippen LogP contribution >= 0.6 is 11.6 Å². The van der Waals surface area contributed by atoms with Gasteiger partial charge in [-0.25, -0.2) is 0 Å². The largest absolute Gasteiger partial charge is 0.393 e. The summed E-state index contributed by atoms with van der Waals surface area (Å²) in [4.78, 5) is 23.8. The number of aliphatic hydroxyl groups is 2. The van der Waals surface area contributed by atoms with E-state index >= 15 is 0 Å². The van der Waals surface area contributed by atoms with Gasteiger partial charge < -0.3 is 10.2 Å². The number of aliphatic hydroxyl groups excluding tert-OH is 1. The third kappa shape index (κ3) is 4.49. The van der Waals surface area contributed by atoms with E-state index in [0.29, 0.717) is 52.7 Å². The molecule has 5 heteroatoms. The molecule has 6 saturated carbocycles. The Labute approximate surface area is 270 Å². The molecule has 244 valence electrons. The summed E-state index contributed by atoms with van der Waals surface area (Å²) in [5.41, 5.74) is 2.59. The summed E-state index contributed by atoms with van der Waals surface area (Å²) in [5, 5.41) is 22.0. The predicted octanol–water partition coefficient (Wildman–Crippen LogP) is 8.57. The maximum absolute atomic E-state index is 12.0. The fourth-order valence-corrected chi connectivity index (χ4v) is 13.9. The number of halogens is 1. The van der Waals surface area contributed by atoms with E-state index in [1.54, 1.807) is 0 Å². The van der Waals surface area contributed by atoms with E-state index < -0.39 is 5.60 Å². The van der Waals surface area contributed by atoms with Gasteiger partial charge in [-0.2, -0.15) is 0 Å². The first-order valence-corrected chi connectivity index (χ1v) is 18.6. The lowest BCUT2D eigenvalue weighted by molar-refractivity contribution is -0.121. The van der Waals surface area contributed by atoms with Gasteiger partial charge in [0.1, 0.15) is 0 Å². The summed E-state index contributed by atoms with van der Waals surface area (Å²) in [5.74, 6) is 6.05. The standard InChI is InChI=1S/C20H30O2.C19H27ClO2/c1-12-10-13-11-14(21)4-5-15(13)16-6-8-19(2)17(18(12)16)7-9-20(19,3)22;1-18-10-8-15(21)17(20)14(18)4-3-11-12-5-6-16(22)19(12,2)9-7-13(11)18/h11-12,15-18,22H,4-10H2,1-3H3;11-13,16,22H,3-10H2,1-2H3/t12-,15+,16-,17+,18-,19+,20+;11-,12-,13-,16-,18+,19-/m10/s1. The summed E-state index contributed by atoms with van der Waals surface area (Å²) in [6, 6.07) is 0. The summed E-state index contributed by atoms with van der Waals surface area (Å²) in [6.45, 7) is 11.5. The number of hydrogen-bond donors (Lipinski definition) is 2. The van der Waals surface area contributed by atoms with Gasteiger partial charge in [-0.3, -0.25) is 9.59 Å². The van der Waals surface area contributed by atoms with Crippen LogP contribution in [0.4, 0.5) is 0 Å². The average Bonchev–Trinajstić information content (AvgIpc) is 3.42. The summed E-state index contributed by atoms with van der Waals surface area (Å²) >= 11 is 6.41. The van der Waals surface area contributed by atoms with E-state index in [1.165, 1.54) is 36.8 Å². The highest BCUT2D eigenvalue weighted by atomic mass is 35.5. The van der Waals surface area contributed by atoms with Crippen molar-refractivity contribution in [1.82, 2.24) is 0 Å². The van der Waals surface area contributed by atoms with Gasteiger partial charge in [-0.15, -0.1) is 0 Å². The van der Waals surface area contributed by atoms with Crippen LogP contribution in [0.3, 0.4) is 0 Å². The van der Waals surface area contributed by atoms with Gasteiger partial charge >= 0.3 is 0 Å². The second-order valence-electron chi connectivity index (χ2n) is 17.8. The number of rotatable bonds is 0. The molecular weight excluding hydrogens is 568 g/mol. The molecule has 0 unspecified atom stereocenters. The van der Waals surface area contributed by atoms with Crippen molar-refractivity contribution in [1.29, 1.82) is 0 Å². The van der Waals surface area contributed by atoms with Crippen molar-refractivity contribution >= 4 is 23.2 Å². The Balaban J connectivity index is 0.000000142. The third-order valence-electron chi connectivity index (χ3n) is 16.2. The number of Topliss-reactive ketones (excluding diaryl/α,β-unsaturated/α-hetero) is 1. The summed E-state index contributed by atoms with van der Waals surface area (Å²) in [6.07, 6.45) is 17.6. The number of carbonyl (C=O) groups is 2. The van der Waals surface area contributed by atoms with Gasteiger partial charge in [0, 0.05) is 12.8 Å². The van der Waals surface area contributed by atoms with E-state index in [1.807, 2.05) is 6.08 Å². The van der Waals surface area contributed by atoms with Crippen molar-refractivity contribution in [2.75, 3.05) is 0 Å². The zero-order valence-electron chi connectivity index (χ0n) is 28.0. The third-order valence-corrected chi connectivity index (χ3v) is 16.6. The molecule has 0 radical (unpaired) electrons. The van der Waals surface area contributed by atoms with E-state index in [-0.39, 0.29) is 28.1 Å². The predicted molar refractivity (Wildman–Crippen MR) is 175 cm³/mol. The van der Waals surface area contributed by atoms with Crippen LogP contribution in [0.25, 0.3) is 0 Å². The highest BCUT2D eigenvalue weighted by Gasteiger charge is 2.62. The number of hydrogen-bond acceptors (Lipinski definition) is 4. The van der Waals surface area contributed by atoms with Crippen molar-refractivity contribution in [3.05, 3.63) is 22.3 Å². The molecule has 8 rings (SSSR count). The normalized spacial score (nSPS) is 52.8. The Bertz CT molecular complexity index is 1280.